The fourth-order valence-corrected chi connectivity index (χ4v) is 4.21. The Balaban J connectivity index is 1.97. The van der Waals surface area contributed by atoms with E-state index in [4.69, 9.17) is 14.7 Å². The Morgan fingerprint density at radius 1 is 1.29 bits per heavy atom. The van der Waals surface area contributed by atoms with E-state index < -0.39 is 5.54 Å². The number of ether oxygens (including phenoxy) is 2. The highest BCUT2D eigenvalue weighted by atomic mass is 32.2. The van der Waals surface area contributed by atoms with Crippen molar-refractivity contribution in [2.75, 3.05) is 45.3 Å². The maximum Gasteiger partial charge on any atom is 0.182 e. The van der Waals surface area contributed by atoms with Gasteiger partial charge in [0.1, 0.15) is 0 Å². The lowest BCUT2D eigenvalue weighted by molar-refractivity contribution is -0.0125. The summed E-state index contributed by atoms with van der Waals surface area (Å²) in [7, 11) is 0. The zero-order valence-corrected chi connectivity index (χ0v) is 17.9. The normalized spacial score (nSPS) is 17.0. The zero-order chi connectivity index (χ0) is 20.2. The van der Waals surface area contributed by atoms with Crippen LogP contribution in [0.25, 0.3) is 0 Å². The average Bonchev–Trinajstić information content (AvgIpc) is 2.75. The van der Waals surface area contributed by atoms with Gasteiger partial charge in [0.25, 0.3) is 0 Å². The third-order valence-electron chi connectivity index (χ3n) is 5.19. The van der Waals surface area contributed by atoms with E-state index in [1.807, 2.05) is 24.3 Å². The van der Waals surface area contributed by atoms with Crippen LogP contribution < -0.4 is 0 Å². The van der Waals surface area contributed by atoms with Crippen molar-refractivity contribution in [3.63, 3.8) is 0 Å². The van der Waals surface area contributed by atoms with Gasteiger partial charge in [-0.25, -0.2) is 0 Å². The first-order valence-corrected chi connectivity index (χ1v) is 11.2. The van der Waals surface area contributed by atoms with Gasteiger partial charge >= 0.3 is 0 Å². The lowest BCUT2D eigenvalue weighted by Gasteiger charge is -2.42. The van der Waals surface area contributed by atoms with E-state index in [1.165, 1.54) is 0 Å². The van der Waals surface area contributed by atoms with Crippen molar-refractivity contribution in [3.8, 4) is 6.07 Å². The molecule has 28 heavy (non-hydrogen) atoms. The minimum atomic E-state index is -0.469. The SMILES string of the molecule is CCCCC(C)(C(=O)c1ccc(SCCOCCC#N)cc1)N1CCOCC1. The van der Waals surface area contributed by atoms with Crippen molar-refractivity contribution >= 4 is 17.5 Å². The summed E-state index contributed by atoms with van der Waals surface area (Å²) in [5.41, 5.74) is 0.308. The van der Waals surface area contributed by atoms with Crippen molar-refractivity contribution < 1.29 is 14.3 Å². The Morgan fingerprint density at radius 2 is 2.00 bits per heavy atom. The summed E-state index contributed by atoms with van der Waals surface area (Å²) in [4.78, 5) is 16.8. The summed E-state index contributed by atoms with van der Waals surface area (Å²) < 4.78 is 10.9. The van der Waals surface area contributed by atoms with Crippen molar-refractivity contribution in [1.29, 1.82) is 5.26 Å². The number of hydrogen-bond acceptors (Lipinski definition) is 6. The molecular formula is C22H32N2O3S. The largest absolute Gasteiger partial charge is 0.380 e. The number of rotatable bonds is 12. The van der Waals surface area contributed by atoms with Crippen LogP contribution in [0.4, 0.5) is 0 Å². The Hall–Kier alpha value is -1.39. The second kappa shape index (κ2) is 12.2. The minimum absolute atomic E-state index is 0.208. The van der Waals surface area contributed by atoms with Gasteiger partial charge in [0.15, 0.2) is 5.78 Å². The summed E-state index contributed by atoms with van der Waals surface area (Å²) >= 11 is 1.70. The number of hydrogen-bond donors (Lipinski definition) is 0. The van der Waals surface area contributed by atoms with Crippen LogP contribution in [0, 0.1) is 11.3 Å². The van der Waals surface area contributed by atoms with E-state index in [-0.39, 0.29) is 5.78 Å². The van der Waals surface area contributed by atoms with Crippen molar-refractivity contribution in [2.24, 2.45) is 0 Å². The molecule has 0 radical (unpaired) electrons. The molecule has 2 rings (SSSR count). The maximum absolute atomic E-state index is 13.4. The van der Waals surface area contributed by atoms with Gasteiger partial charge in [0.2, 0.25) is 0 Å². The van der Waals surface area contributed by atoms with Crippen LogP contribution in [-0.2, 0) is 9.47 Å². The van der Waals surface area contributed by atoms with E-state index in [0.29, 0.717) is 32.8 Å². The van der Waals surface area contributed by atoms with Gasteiger partial charge in [-0.1, -0.05) is 31.9 Å². The standard InChI is InChI=1S/C22H32N2O3S/c1-3-4-10-22(2,24-12-15-27-16-13-24)21(25)19-6-8-20(9-7-19)28-18-17-26-14-5-11-23/h6-9H,3-5,10,12-18H2,1-2H3. The van der Waals surface area contributed by atoms with Gasteiger partial charge in [-0.3, -0.25) is 9.69 Å². The summed E-state index contributed by atoms with van der Waals surface area (Å²) in [5.74, 6) is 1.04. The van der Waals surface area contributed by atoms with Crippen LogP contribution in [0.5, 0.6) is 0 Å². The first kappa shape index (κ1) is 22.9. The number of morpholine rings is 1. The number of unbranched alkanes of at least 4 members (excludes halogenated alkanes) is 1. The van der Waals surface area contributed by atoms with Crippen LogP contribution in [0.1, 0.15) is 49.9 Å². The second-order valence-electron chi connectivity index (χ2n) is 7.20. The smallest absolute Gasteiger partial charge is 0.182 e. The maximum atomic E-state index is 13.4. The minimum Gasteiger partial charge on any atom is -0.380 e. The predicted molar refractivity (Wildman–Crippen MR) is 113 cm³/mol. The van der Waals surface area contributed by atoms with Gasteiger partial charge < -0.3 is 9.47 Å². The Morgan fingerprint density at radius 3 is 2.64 bits per heavy atom. The Bertz CT molecular complexity index is 638. The molecule has 0 aromatic heterocycles. The van der Waals surface area contributed by atoms with E-state index in [0.717, 1.165) is 48.6 Å². The van der Waals surface area contributed by atoms with Crippen LogP contribution in [-0.4, -0.2) is 61.5 Å². The quantitative estimate of drug-likeness (QED) is 0.296. The van der Waals surface area contributed by atoms with Crippen molar-refractivity contribution in [1.82, 2.24) is 4.90 Å². The molecule has 1 aromatic rings. The molecule has 0 amide bonds. The van der Waals surface area contributed by atoms with Gasteiger partial charge in [-0.2, -0.15) is 5.26 Å². The second-order valence-corrected chi connectivity index (χ2v) is 8.37. The van der Waals surface area contributed by atoms with Crippen LogP contribution in [0.3, 0.4) is 0 Å². The summed E-state index contributed by atoms with van der Waals surface area (Å²) in [6.45, 7) is 8.39. The first-order chi connectivity index (χ1) is 13.6. The third-order valence-corrected chi connectivity index (χ3v) is 6.16. The van der Waals surface area contributed by atoms with E-state index in [9.17, 15) is 4.79 Å². The highest BCUT2D eigenvalue weighted by molar-refractivity contribution is 7.99. The molecule has 5 nitrogen and oxygen atoms in total. The molecule has 0 bridgehead atoms. The van der Waals surface area contributed by atoms with Crippen LogP contribution in [0.2, 0.25) is 0 Å². The fourth-order valence-electron chi connectivity index (χ4n) is 3.44. The number of carbonyl (C=O) groups excluding carboxylic acids is 1. The van der Waals surface area contributed by atoms with E-state index in [1.54, 1.807) is 11.8 Å². The molecule has 1 fully saturated rings. The Kier molecular flexibility index (Phi) is 10.0. The zero-order valence-electron chi connectivity index (χ0n) is 17.1. The fraction of sp³-hybridized carbons (Fsp3) is 0.636. The van der Waals surface area contributed by atoms with Gasteiger partial charge in [-0.15, -0.1) is 11.8 Å². The molecule has 0 saturated carbocycles. The molecule has 1 aromatic carbocycles. The summed E-state index contributed by atoms with van der Waals surface area (Å²) in [5, 5.41) is 8.49. The highest BCUT2D eigenvalue weighted by Crippen LogP contribution is 2.29. The number of nitriles is 1. The van der Waals surface area contributed by atoms with Gasteiger partial charge in [0.05, 0.1) is 44.5 Å². The van der Waals surface area contributed by atoms with Crippen molar-refractivity contribution in [2.45, 2.75) is 50.0 Å². The first-order valence-electron chi connectivity index (χ1n) is 10.2. The van der Waals surface area contributed by atoms with E-state index in [2.05, 4.69) is 24.8 Å². The number of Topliss-reactive ketones (excluding diaryl/α,β-unsaturated/α-hetero) is 1. The number of ketones is 1. The molecule has 0 spiro atoms. The number of carbonyl (C=O) groups is 1. The molecule has 1 aliphatic heterocycles. The average molecular weight is 405 g/mol. The molecule has 6 heteroatoms. The van der Waals surface area contributed by atoms with Crippen molar-refractivity contribution in [3.05, 3.63) is 29.8 Å². The summed E-state index contributed by atoms with van der Waals surface area (Å²) in [6.07, 6.45) is 3.43. The van der Waals surface area contributed by atoms with Gasteiger partial charge in [-0.05, 0) is 25.5 Å². The highest BCUT2D eigenvalue weighted by Gasteiger charge is 2.39. The lowest BCUT2D eigenvalue weighted by atomic mass is 9.84. The molecule has 0 aliphatic carbocycles. The molecule has 0 N–H and O–H groups in total. The monoisotopic (exact) mass is 404 g/mol. The number of nitrogens with zero attached hydrogens (tertiary/aromatic N) is 2. The molecule has 1 atom stereocenters. The number of benzene rings is 1. The van der Waals surface area contributed by atoms with Gasteiger partial charge in [0, 0.05) is 29.3 Å². The molecule has 154 valence electrons. The van der Waals surface area contributed by atoms with Crippen LogP contribution >= 0.6 is 11.8 Å². The molecule has 1 aliphatic rings. The molecule has 1 unspecified atom stereocenters. The Labute approximate surface area is 173 Å². The summed E-state index contributed by atoms with van der Waals surface area (Å²) in [6, 6.07) is 10.0. The molecule has 1 heterocycles. The predicted octanol–water partition coefficient (Wildman–Crippen LogP) is 4.17. The lowest BCUT2D eigenvalue weighted by Crippen LogP contribution is -2.56. The molecular weight excluding hydrogens is 372 g/mol. The molecule has 1 saturated heterocycles. The number of thioether (sulfide) groups is 1. The van der Waals surface area contributed by atoms with Crippen LogP contribution in [0.15, 0.2) is 29.2 Å². The van der Waals surface area contributed by atoms with E-state index >= 15 is 0 Å². The topological polar surface area (TPSA) is 62.6 Å². The third kappa shape index (κ3) is 6.59.